The predicted molar refractivity (Wildman–Crippen MR) is 135 cm³/mol. The number of nitrogens with zero attached hydrogens (tertiary/aromatic N) is 6. The molecule has 0 heterocycles. The molecule has 212 valence electrons. The zero-order valence-corrected chi connectivity index (χ0v) is 25.4. The molecule has 0 saturated carbocycles. The molecule has 0 fully saturated rings. The van der Waals surface area contributed by atoms with Gasteiger partial charge in [-0.2, -0.15) is 8.42 Å². The Morgan fingerprint density at radius 1 is 0.711 bits per heavy atom. The maximum atomic E-state index is 11.8. The van der Waals surface area contributed by atoms with E-state index < -0.39 is 10.1 Å². The van der Waals surface area contributed by atoms with Gasteiger partial charge in [0.1, 0.15) is 0 Å². The van der Waals surface area contributed by atoms with Crippen LogP contribution >= 0.6 is 0 Å². The Morgan fingerprint density at radius 3 is 1.53 bits per heavy atom. The number of benzene rings is 1. The van der Waals surface area contributed by atoms with Crippen LogP contribution in [0.1, 0.15) is 5.56 Å². The Labute approximate surface area is 246 Å². The quantitative estimate of drug-likeness (QED) is 0.0522. The zero-order chi connectivity index (χ0) is 28.0. The van der Waals surface area contributed by atoms with Crippen LogP contribution in [0.5, 0.6) is 0 Å². The van der Waals surface area contributed by atoms with Crippen molar-refractivity contribution in [1.82, 2.24) is 0 Å². The number of aryl methyl sites for hydroxylation is 1. The molecule has 0 unspecified atom stereocenters. The van der Waals surface area contributed by atoms with Gasteiger partial charge in [0.05, 0.1) is 77.6 Å². The maximum absolute atomic E-state index is 11.8. The molecule has 1 aromatic carbocycles. The standard InChI is InChI=1S/C14H22O6S.C7H15N3O3.N3.Na/c1-13-3-5-14(6-4-13)21(15,16)20-12-11-19-10-9-18-8-7-17-2;1-11-4-5-13-7-6-12-3-2-9-10-8;1-3-2;/h3-6H,7-12H2,1-2H3;2-7H2,1H3;;/q;;-1;+1. The average Bonchev–Trinajstić information content (AvgIpc) is 2.88. The van der Waals surface area contributed by atoms with Gasteiger partial charge >= 0.3 is 29.6 Å². The van der Waals surface area contributed by atoms with Gasteiger partial charge in [0.15, 0.2) is 0 Å². The van der Waals surface area contributed by atoms with Gasteiger partial charge in [0.25, 0.3) is 10.1 Å². The molecule has 38 heavy (non-hydrogen) atoms. The van der Waals surface area contributed by atoms with Crippen LogP contribution < -0.4 is 29.6 Å². The van der Waals surface area contributed by atoms with Gasteiger partial charge < -0.3 is 39.5 Å². The first-order chi connectivity index (χ1) is 17.9. The second-order valence-electron chi connectivity index (χ2n) is 6.57. The van der Waals surface area contributed by atoms with Crippen LogP contribution in [-0.4, -0.2) is 102 Å². The fourth-order valence-electron chi connectivity index (χ4n) is 2.05. The van der Waals surface area contributed by atoms with E-state index in [1.165, 1.54) is 17.0 Å². The molecule has 0 radical (unpaired) electrons. The molecule has 0 N–H and O–H groups in total. The molecule has 0 aliphatic carbocycles. The smallest absolute Gasteiger partial charge is 0.382 e. The van der Waals surface area contributed by atoms with Crippen molar-refractivity contribution in [3.8, 4) is 0 Å². The summed E-state index contributed by atoms with van der Waals surface area (Å²) in [4.78, 5) is 4.24. The summed E-state index contributed by atoms with van der Waals surface area (Å²) in [7, 11) is -0.482. The summed E-state index contributed by atoms with van der Waals surface area (Å²) in [6, 6.07) is 6.50. The molecule has 0 saturated heterocycles. The molecule has 0 amide bonds. The predicted octanol–water partition coefficient (Wildman–Crippen LogP) is 0.226. The van der Waals surface area contributed by atoms with E-state index in [1.807, 2.05) is 6.92 Å². The molecule has 0 aliphatic heterocycles. The molecule has 0 aromatic heterocycles. The fourth-order valence-corrected chi connectivity index (χ4v) is 2.95. The van der Waals surface area contributed by atoms with E-state index in [9.17, 15) is 8.42 Å². The van der Waals surface area contributed by atoms with Gasteiger partial charge in [-0.25, -0.2) is 0 Å². The average molecular weight is 573 g/mol. The van der Waals surface area contributed by atoms with Crippen LogP contribution in [0, 0.1) is 6.92 Å². The van der Waals surface area contributed by atoms with Gasteiger partial charge in [0.2, 0.25) is 0 Å². The van der Waals surface area contributed by atoms with E-state index in [0.29, 0.717) is 66.0 Å². The summed E-state index contributed by atoms with van der Waals surface area (Å²) < 4.78 is 58.8. The third kappa shape index (κ3) is 29.1. The van der Waals surface area contributed by atoms with Crippen molar-refractivity contribution < 1.29 is 70.6 Å². The number of hydrogen-bond acceptors (Lipinski definition) is 10. The van der Waals surface area contributed by atoms with Gasteiger partial charge in [-0.05, 0) is 24.6 Å². The van der Waals surface area contributed by atoms with Gasteiger partial charge in [-0.1, -0.05) is 22.8 Å². The fraction of sp³-hybridized carbons (Fsp3) is 0.714. The van der Waals surface area contributed by atoms with Crippen molar-refractivity contribution in [3.63, 3.8) is 0 Å². The SMILES string of the molecule is COCCOCCOCCN=[N+]=[N-].COCCOCCOCCOS(=O)(=O)c1ccc(C)cc1.[N-]=[N+]=[N-].[Na+]. The van der Waals surface area contributed by atoms with E-state index in [4.69, 9.17) is 49.2 Å². The first kappa shape index (κ1) is 41.0. The number of ether oxygens (including phenoxy) is 6. The number of methoxy groups -OCH3 is 2. The van der Waals surface area contributed by atoms with Crippen LogP contribution in [0.4, 0.5) is 0 Å². The Kier molecular flexibility index (Phi) is 34.2. The van der Waals surface area contributed by atoms with E-state index in [1.54, 1.807) is 26.4 Å². The second kappa shape index (κ2) is 31.7. The maximum Gasteiger partial charge on any atom is 1.00 e. The summed E-state index contributed by atoms with van der Waals surface area (Å²) in [5, 5.41) is 3.31. The zero-order valence-electron chi connectivity index (χ0n) is 22.6. The van der Waals surface area contributed by atoms with Crippen LogP contribution in [0.15, 0.2) is 34.3 Å². The molecule has 0 spiro atoms. The minimum atomic E-state index is -3.71. The summed E-state index contributed by atoms with van der Waals surface area (Å²) in [6.45, 7) is 6.99. The second-order valence-corrected chi connectivity index (χ2v) is 8.18. The Hall–Kier alpha value is -1.49. The van der Waals surface area contributed by atoms with Crippen molar-refractivity contribution in [2.45, 2.75) is 11.8 Å². The first-order valence-electron chi connectivity index (χ1n) is 11.1. The van der Waals surface area contributed by atoms with E-state index in [-0.39, 0.29) is 47.7 Å². The van der Waals surface area contributed by atoms with Crippen molar-refractivity contribution in [1.29, 1.82) is 0 Å². The molecule has 17 heteroatoms. The summed E-state index contributed by atoms with van der Waals surface area (Å²) >= 11 is 0. The number of azide groups is 1. The third-order valence-corrected chi connectivity index (χ3v) is 5.11. The topological polar surface area (TPSA) is 206 Å². The molecule has 0 bridgehead atoms. The largest absolute Gasteiger partial charge is 1.00 e. The molecule has 15 nitrogen and oxygen atoms in total. The Morgan fingerprint density at radius 2 is 1.11 bits per heavy atom. The Balaban J connectivity index is -0.000000620. The third-order valence-electron chi connectivity index (χ3n) is 3.78. The minimum absolute atomic E-state index is 0. The van der Waals surface area contributed by atoms with Crippen molar-refractivity contribution in [2.75, 3.05) is 93.4 Å². The van der Waals surface area contributed by atoms with Crippen LogP contribution in [-0.2, 0) is 42.7 Å². The van der Waals surface area contributed by atoms with Crippen LogP contribution in [0.3, 0.4) is 0 Å². The molecular weight excluding hydrogens is 535 g/mol. The molecule has 1 aromatic rings. The van der Waals surface area contributed by atoms with Gasteiger partial charge in [-0.15, -0.1) is 0 Å². The summed E-state index contributed by atoms with van der Waals surface area (Å²) in [5.41, 5.74) is 22.4. The molecular formula is C21H37N6NaO9S. The molecule has 0 aliphatic rings. The van der Waals surface area contributed by atoms with E-state index in [2.05, 4.69) is 10.0 Å². The number of rotatable bonds is 20. The van der Waals surface area contributed by atoms with Crippen molar-refractivity contribution in [2.24, 2.45) is 5.11 Å². The minimum Gasteiger partial charge on any atom is -0.382 e. The molecule has 0 atom stereocenters. The van der Waals surface area contributed by atoms with Crippen LogP contribution in [0.25, 0.3) is 26.4 Å². The van der Waals surface area contributed by atoms with Crippen molar-refractivity contribution in [3.05, 3.63) is 56.2 Å². The van der Waals surface area contributed by atoms with Gasteiger partial charge in [-0.3, -0.25) is 9.09 Å². The van der Waals surface area contributed by atoms with Gasteiger partial charge in [0, 0.05) is 25.7 Å². The monoisotopic (exact) mass is 572 g/mol. The summed E-state index contributed by atoms with van der Waals surface area (Å²) in [5.74, 6) is 0. The normalized spacial score (nSPS) is 9.97. The first-order valence-corrected chi connectivity index (χ1v) is 12.5. The number of hydrogen-bond donors (Lipinski definition) is 0. The van der Waals surface area contributed by atoms with E-state index >= 15 is 0 Å². The summed E-state index contributed by atoms with van der Waals surface area (Å²) in [6.07, 6.45) is 0. The Bertz CT molecular complexity index is 838. The van der Waals surface area contributed by atoms with Crippen LogP contribution in [0.2, 0.25) is 0 Å². The van der Waals surface area contributed by atoms with Crippen molar-refractivity contribution >= 4 is 10.1 Å². The van der Waals surface area contributed by atoms with E-state index in [0.717, 1.165) is 5.56 Å². The molecule has 1 rings (SSSR count).